The molecule has 1 aromatic rings. The highest BCUT2D eigenvalue weighted by molar-refractivity contribution is 6.37. The Morgan fingerprint density at radius 1 is 1.00 bits per heavy atom. The summed E-state index contributed by atoms with van der Waals surface area (Å²) in [5.74, 6) is 0. The van der Waals surface area contributed by atoms with Crippen LogP contribution in [-0.4, -0.2) is 9.97 Å². The summed E-state index contributed by atoms with van der Waals surface area (Å²) in [7, 11) is 0. The van der Waals surface area contributed by atoms with Crippen molar-refractivity contribution in [1.82, 2.24) is 9.97 Å². The molecule has 0 spiro atoms. The molecule has 0 fully saturated rings. The van der Waals surface area contributed by atoms with Gasteiger partial charge < -0.3 is 0 Å². The Balaban J connectivity index is 3.28. The van der Waals surface area contributed by atoms with Crippen LogP contribution in [0.3, 0.4) is 0 Å². The third-order valence-corrected chi connectivity index (χ3v) is 1.93. The first-order valence-electron chi connectivity index (χ1n) is 2.80. The van der Waals surface area contributed by atoms with Crippen LogP contribution in [0.1, 0.15) is 5.56 Å². The van der Waals surface area contributed by atoms with E-state index in [1.807, 2.05) is 0 Å². The topological polar surface area (TPSA) is 25.8 Å². The van der Waals surface area contributed by atoms with E-state index in [9.17, 15) is 0 Å². The van der Waals surface area contributed by atoms with Gasteiger partial charge in [-0.1, -0.05) is 34.8 Å². The standard InChI is InChI=1S/C6H2Cl4N2/c7-2-1-3-4(8)11-6(10)12-5(3)9/h1-2H. The van der Waals surface area contributed by atoms with Gasteiger partial charge in [-0.05, 0) is 17.7 Å². The van der Waals surface area contributed by atoms with Crippen LogP contribution >= 0.6 is 46.4 Å². The van der Waals surface area contributed by atoms with E-state index in [0.717, 1.165) is 0 Å². The molecule has 0 aromatic carbocycles. The van der Waals surface area contributed by atoms with Crippen molar-refractivity contribution < 1.29 is 0 Å². The number of halogens is 4. The van der Waals surface area contributed by atoms with Gasteiger partial charge in [-0.3, -0.25) is 0 Å². The predicted octanol–water partition coefficient (Wildman–Crippen LogP) is 3.65. The van der Waals surface area contributed by atoms with E-state index < -0.39 is 0 Å². The fourth-order valence-electron chi connectivity index (χ4n) is 0.593. The smallest absolute Gasteiger partial charge is 0.205 e. The van der Waals surface area contributed by atoms with Gasteiger partial charge in [0.1, 0.15) is 10.3 Å². The normalized spacial score (nSPS) is 11.0. The van der Waals surface area contributed by atoms with E-state index in [4.69, 9.17) is 46.4 Å². The van der Waals surface area contributed by atoms with E-state index >= 15 is 0 Å². The Kier molecular flexibility index (Phi) is 3.59. The zero-order chi connectivity index (χ0) is 9.14. The van der Waals surface area contributed by atoms with E-state index in [-0.39, 0.29) is 15.6 Å². The van der Waals surface area contributed by atoms with Crippen LogP contribution in [0, 0.1) is 0 Å². The van der Waals surface area contributed by atoms with Gasteiger partial charge in [-0.25, -0.2) is 9.97 Å². The minimum atomic E-state index is 0.0109. The molecule has 0 unspecified atom stereocenters. The van der Waals surface area contributed by atoms with Gasteiger partial charge >= 0.3 is 0 Å². The van der Waals surface area contributed by atoms with Crippen molar-refractivity contribution in [2.24, 2.45) is 0 Å². The molecule has 0 atom stereocenters. The van der Waals surface area contributed by atoms with Crippen LogP contribution in [0.2, 0.25) is 15.6 Å². The number of aromatic nitrogens is 2. The summed E-state index contributed by atoms with van der Waals surface area (Å²) in [6, 6.07) is 0. The molecule has 0 amide bonds. The molecule has 0 radical (unpaired) electrons. The van der Waals surface area contributed by atoms with Crippen molar-refractivity contribution in [2.75, 3.05) is 0 Å². The van der Waals surface area contributed by atoms with Gasteiger partial charge in [-0.2, -0.15) is 0 Å². The lowest BCUT2D eigenvalue weighted by atomic mass is 10.3. The molecule has 6 heteroatoms. The number of nitrogens with zero attached hydrogens (tertiary/aromatic N) is 2. The second kappa shape index (κ2) is 4.28. The largest absolute Gasteiger partial charge is 0.225 e. The summed E-state index contributed by atoms with van der Waals surface area (Å²) in [5, 5.41) is 0.366. The van der Waals surface area contributed by atoms with Crippen LogP contribution in [0.5, 0.6) is 0 Å². The molecule has 12 heavy (non-hydrogen) atoms. The van der Waals surface area contributed by atoms with Crippen LogP contribution in [0.25, 0.3) is 6.08 Å². The van der Waals surface area contributed by atoms with Gasteiger partial charge in [0.15, 0.2) is 0 Å². The third kappa shape index (κ3) is 2.23. The Labute approximate surface area is 89.1 Å². The number of rotatable bonds is 1. The van der Waals surface area contributed by atoms with Gasteiger partial charge in [0.25, 0.3) is 0 Å². The van der Waals surface area contributed by atoms with Gasteiger partial charge in [0, 0.05) is 5.54 Å². The lowest BCUT2D eigenvalue weighted by molar-refractivity contribution is 1.16. The second-order valence-electron chi connectivity index (χ2n) is 1.78. The average Bonchev–Trinajstić information content (AvgIpc) is 1.96. The molecule has 1 aromatic heterocycles. The Morgan fingerprint density at radius 2 is 1.50 bits per heavy atom. The second-order valence-corrected chi connectivity index (χ2v) is 3.09. The van der Waals surface area contributed by atoms with E-state index in [1.165, 1.54) is 11.6 Å². The number of hydrogen-bond donors (Lipinski definition) is 0. The quantitative estimate of drug-likeness (QED) is 0.556. The maximum absolute atomic E-state index is 5.68. The van der Waals surface area contributed by atoms with Crippen LogP contribution in [-0.2, 0) is 0 Å². The summed E-state index contributed by atoms with van der Waals surface area (Å²) < 4.78 is 0. The summed E-state index contributed by atoms with van der Waals surface area (Å²) in [6.45, 7) is 0. The van der Waals surface area contributed by atoms with Crippen molar-refractivity contribution in [3.05, 3.63) is 26.7 Å². The highest BCUT2D eigenvalue weighted by Gasteiger charge is 2.06. The summed E-state index contributed by atoms with van der Waals surface area (Å²) in [4.78, 5) is 7.36. The molecule has 0 bridgehead atoms. The Hall–Kier alpha value is -0.0200. The lowest BCUT2D eigenvalue weighted by Crippen LogP contribution is -1.88. The zero-order valence-electron chi connectivity index (χ0n) is 5.56. The van der Waals surface area contributed by atoms with Crippen molar-refractivity contribution in [3.63, 3.8) is 0 Å². The van der Waals surface area contributed by atoms with E-state index in [2.05, 4.69) is 9.97 Å². The Bertz CT molecular complexity index is 300. The van der Waals surface area contributed by atoms with Crippen molar-refractivity contribution >= 4 is 52.5 Å². The SMILES string of the molecule is ClC=Cc1c(Cl)nc(Cl)nc1Cl. The van der Waals surface area contributed by atoms with Gasteiger partial charge in [0.05, 0.1) is 5.56 Å². The fraction of sp³-hybridized carbons (Fsp3) is 0. The fourth-order valence-corrected chi connectivity index (χ4v) is 1.49. The lowest BCUT2D eigenvalue weighted by Gasteiger charge is -1.99. The van der Waals surface area contributed by atoms with Crippen LogP contribution in [0.15, 0.2) is 5.54 Å². The highest BCUT2D eigenvalue weighted by atomic mass is 35.5. The predicted molar refractivity (Wildman–Crippen MR) is 51.9 cm³/mol. The van der Waals surface area contributed by atoms with Gasteiger partial charge in [-0.15, -0.1) is 0 Å². The van der Waals surface area contributed by atoms with Crippen molar-refractivity contribution in [3.8, 4) is 0 Å². The highest BCUT2D eigenvalue weighted by Crippen LogP contribution is 2.24. The average molecular weight is 244 g/mol. The van der Waals surface area contributed by atoms with Crippen molar-refractivity contribution in [1.29, 1.82) is 0 Å². The molecule has 0 N–H and O–H groups in total. The van der Waals surface area contributed by atoms with Crippen LogP contribution in [0.4, 0.5) is 0 Å². The molecular weight excluding hydrogens is 242 g/mol. The molecule has 2 nitrogen and oxygen atoms in total. The molecule has 0 saturated heterocycles. The molecule has 0 aliphatic heterocycles. The molecule has 1 heterocycles. The molecular formula is C6H2Cl4N2. The molecule has 0 aliphatic rings. The summed E-state index contributed by atoms with van der Waals surface area (Å²) >= 11 is 22.2. The first-order chi connectivity index (χ1) is 5.65. The maximum Gasteiger partial charge on any atom is 0.225 e. The molecule has 1 rings (SSSR count). The van der Waals surface area contributed by atoms with E-state index in [1.54, 1.807) is 0 Å². The monoisotopic (exact) mass is 242 g/mol. The van der Waals surface area contributed by atoms with Crippen LogP contribution < -0.4 is 0 Å². The molecule has 64 valence electrons. The summed E-state index contributed by atoms with van der Waals surface area (Å²) in [6.07, 6.45) is 1.49. The minimum Gasteiger partial charge on any atom is -0.205 e. The Morgan fingerprint density at radius 3 is 1.92 bits per heavy atom. The first-order valence-corrected chi connectivity index (χ1v) is 4.37. The maximum atomic E-state index is 5.68. The first kappa shape index (κ1) is 10.1. The molecule has 0 saturated carbocycles. The minimum absolute atomic E-state index is 0.0109. The van der Waals surface area contributed by atoms with Crippen molar-refractivity contribution in [2.45, 2.75) is 0 Å². The number of hydrogen-bond acceptors (Lipinski definition) is 2. The van der Waals surface area contributed by atoms with E-state index in [0.29, 0.717) is 5.56 Å². The summed E-state index contributed by atoms with van der Waals surface area (Å²) in [5.41, 5.74) is 1.72. The van der Waals surface area contributed by atoms with Gasteiger partial charge in [0.2, 0.25) is 5.28 Å². The zero-order valence-corrected chi connectivity index (χ0v) is 8.58. The third-order valence-electron chi connectivity index (χ3n) is 1.05. The molecule has 0 aliphatic carbocycles.